The number of amides is 1. The highest BCUT2D eigenvalue weighted by atomic mass is 32.2. The second-order valence-corrected chi connectivity index (χ2v) is 8.49. The third-order valence-corrected chi connectivity index (χ3v) is 6.38. The summed E-state index contributed by atoms with van der Waals surface area (Å²) < 4.78 is 10.6. The molecule has 0 aromatic carbocycles. The van der Waals surface area contributed by atoms with E-state index < -0.39 is 5.97 Å². The molecule has 3 heterocycles. The number of rotatable bonds is 7. The van der Waals surface area contributed by atoms with E-state index in [4.69, 9.17) is 9.15 Å². The number of ether oxygens (including phenoxy) is 1. The van der Waals surface area contributed by atoms with Gasteiger partial charge in [-0.3, -0.25) is 4.79 Å². The van der Waals surface area contributed by atoms with E-state index in [2.05, 4.69) is 15.5 Å². The molecule has 3 rings (SSSR count). The van der Waals surface area contributed by atoms with Crippen molar-refractivity contribution in [2.75, 3.05) is 17.7 Å². The lowest BCUT2D eigenvalue weighted by atomic mass is 10.1. The summed E-state index contributed by atoms with van der Waals surface area (Å²) in [4.78, 5) is 26.3. The Balaban J connectivity index is 1.63. The molecule has 0 aliphatic heterocycles. The van der Waals surface area contributed by atoms with Crippen LogP contribution in [0.1, 0.15) is 27.7 Å². The van der Waals surface area contributed by atoms with Crippen LogP contribution in [0.2, 0.25) is 0 Å². The van der Waals surface area contributed by atoms with Crippen molar-refractivity contribution in [2.24, 2.45) is 0 Å². The van der Waals surface area contributed by atoms with Crippen LogP contribution in [-0.4, -0.2) is 34.4 Å². The van der Waals surface area contributed by atoms with E-state index in [-0.39, 0.29) is 18.3 Å². The van der Waals surface area contributed by atoms with Crippen molar-refractivity contribution >= 4 is 51.3 Å². The van der Waals surface area contributed by atoms with Gasteiger partial charge in [0.05, 0.1) is 22.8 Å². The van der Waals surface area contributed by atoms with Gasteiger partial charge in [-0.15, -0.1) is 32.9 Å². The lowest BCUT2D eigenvalue weighted by molar-refractivity contribution is -0.113. The van der Waals surface area contributed by atoms with Gasteiger partial charge in [0.15, 0.2) is 0 Å². The van der Waals surface area contributed by atoms with E-state index in [1.54, 1.807) is 6.92 Å². The van der Waals surface area contributed by atoms with Crippen LogP contribution in [0.15, 0.2) is 27.2 Å². The van der Waals surface area contributed by atoms with Gasteiger partial charge in [0, 0.05) is 4.88 Å². The van der Waals surface area contributed by atoms with E-state index in [9.17, 15) is 9.59 Å². The summed E-state index contributed by atoms with van der Waals surface area (Å²) in [6.45, 7) is 5.76. The molecule has 0 aliphatic carbocycles. The Bertz CT molecular complexity index is 947. The number of hydrogen-bond donors (Lipinski definition) is 1. The summed E-state index contributed by atoms with van der Waals surface area (Å²) in [6.07, 6.45) is 0. The lowest BCUT2D eigenvalue weighted by Gasteiger charge is -2.06. The molecule has 142 valence electrons. The predicted octanol–water partition coefficient (Wildman–Crippen LogP) is 4.38. The second-order valence-electron chi connectivity index (χ2n) is 5.40. The molecular formula is C17H17N3O4S3. The van der Waals surface area contributed by atoms with Gasteiger partial charge in [0.1, 0.15) is 5.00 Å². The molecule has 3 aromatic heterocycles. The molecule has 0 bridgehead atoms. The van der Waals surface area contributed by atoms with E-state index in [1.165, 1.54) is 22.7 Å². The Morgan fingerprint density at radius 1 is 1.33 bits per heavy atom. The van der Waals surface area contributed by atoms with Crippen LogP contribution in [0.3, 0.4) is 0 Å². The quantitative estimate of drug-likeness (QED) is 0.445. The van der Waals surface area contributed by atoms with Crippen molar-refractivity contribution in [1.29, 1.82) is 0 Å². The van der Waals surface area contributed by atoms with Gasteiger partial charge in [-0.05, 0) is 37.8 Å². The molecule has 0 fully saturated rings. The Morgan fingerprint density at radius 3 is 2.85 bits per heavy atom. The van der Waals surface area contributed by atoms with Gasteiger partial charge in [-0.25, -0.2) is 4.79 Å². The number of thiophene rings is 2. The standard InChI is InChI=1S/C17H17N3O4S3/c1-4-23-16(22)13-9(2)10(3)27-15(13)18-12(21)8-26-17-20-19-14(24-17)11-6-5-7-25-11/h5-7H,4,8H2,1-3H3,(H,18,21). The topological polar surface area (TPSA) is 94.3 Å². The molecule has 1 amide bonds. The normalized spacial score (nSPS) is 10.8. The Morgan fingerprint density at radius 2 is 2.15 bits per heavy atom. The van der Waals surface area contributed by atoms with Gasteiger partial charge < -0.3 is 14.5 Å². The zero-order valence-electron chi connectivity index (χ0n) is 14.9. The molecule has 10 heteroatoms. The molecule has 27 heavy (non-hydrogen) atoms. The first-order valence-electron chi connectivity index (χ1n) is 8.06. The number of carbonyl (C=O) groups excluding carboxylic acids is 2. The predicted molar refractivity (Wildman–Crippen MR) is 107 cm³/mol. The number of aryl methyl sites for hydroxylation is 1. The minimum atomic E-state index is -0.431. The monoisotopic (exact) mass is 423 g/mol. The maximum absolute atomic E-state index is 12.3. The second kappa shape index (κ2) is 8.68. The van der Waals surface area contributed by atoms with Crippen LogP contribution >= 0.6 is 34.4 Å². The van der Waals surface area contributed by atoms with Crippen molar-refractivity contribution in [3.63, 3.8) is 0 Å². The summed E-state index contributed by atoms with van der Waals surface area (Å²) in [6, 6.07) is 3.79. The minimum Gasteiger partial charge on any atom is -0.462 e. The molecule has 7 nitrogen and oxygen atoms in total. The number of anilines is 1. The number of thioether (sulfide) groups is 1. The molecule has 0 saturated carbocycles. The highest BCUT2D eigenvalue weighted by Crippen LogP contribution is 2.33. The zero-order chi connectivity index (χ0) is 19.4. The molecule has 0 atom stereocenters. The number of nitrogens with zero attached hydrogens (tertiary/aromatic N) is 2. The first-order chi connectivity index (χ1) is 13.0. The number of esters is 1. The zero-order valence-corrected chi connectivity index (χ0v) is 17.3. The molecule has 1 N–H and O–H groups in total. The third kappa shape index (κ3) is 4.57. The van der Waals surface area contributed by atoms with Crippen LogP contribution in [0, 0.1) is 13.8 Å². The molecule has 0 saturated heterocycles. The number of nitrogens with one attached hydrogen (secondary N) is 1. The van der Waals surface area contributed by atoms with Gasteiger partial charge in [0.25, 0.3) is 11.1 Å². The Labute approximate surface area is 168 Å². The molecule has 3 aromatic rings. The van der Waals surface area contributed by atoms with E-state index in [0.717, 1.165) is 27.1 Å². The van der Waals surface area contributed by atoms with Crippen molar-refractivity contribution in [2.45, 2.75) is 26.0 Å². The van der Waals surface area contributed by atoms with Crippen LogP contribution in [-0.2, 0) is 9.53 Å². The maximum atomic E-state index is 12.3. The fourth-order valence-corrected chi connectivity index (χ4v) is 4.49. The number of carbonyl (C=O) groups is 2. The van der Waals surface area contributed by atoms with Crippen LogP contribution < -0.4 is 5.32 Å². The van der Waals surface area contributed by atoms with Crippen molar-refractivity contribution < 1.29 is 18.7 Å². The minimum absolute atomic E-state index is 0.0876. The van der Waals surface area contributed by atoms with Crippen LogP contribution in [0.25, 0.3) is 10.8 Å². The largest absolute Gasteiger partial charge is 0.462 e. The SMILES string of the molecule is CCOC(=O)c1c(NC(=O)CSc2nnc(-c3cccs3)o2)sc(C)c1C. The molecule has 0 radical (unpaired) electrons. The van der Waals surface area contributed by atoms with Crippen molar-refractivity contribution in [3.8, 4) is 10.8 Å². The van der Waals surface area contributed by atoms with E-state index >= 15 is 0 Å². The van der Waals surface area contributed by atoms with Crippen molar-refractivity contribution in [1.82, 2.24) is 10.2 Å². The molecule has 0 aliphatic rings. The summed E-state index contributed by atoms with van der Waals surface area (Å²) in [5, 5.41) is 13.4. The lowest BCUT2D eigenvalue weighted by Crippen LogP contribution is -2.16. The van der Waals surface area contributed by atoms with E-state index in [1.807, 2.05) is 31.4 Å². The third-order valence-electron chi connectivity index (χ3n) is 3.58. The maximum Gasteiger partial charge on any atom is 0.341 e. The highest BCUT2D eigenvalue weighted by Gasteiger charge is 2.22. The molecule has 0 unspecified atom stereocenters. The summed E-state index contributed by atoms with van der Waals surface area (Å²) >= 11 is 4.00. The first kappa shape index (κ1) is 19.6. The molecular weight excluding hydrogens is 406 g/mol. The number of hydrogen-bond acceptors (Lipinski definition) is 9. The van der Waals surface area contributed by atoms with Crippen LogP contribution in [0.4, 0.5) is 5.00 Å². The fraction of sp³-hybridized carbons (Fsp3) is 0.294. The van der Waals surface area contributed by atoms with Crippen molar-refractivity contribution in [3.05, 3.63) is 33.5 Å². The van der Waals surface area contributed by atoms with Crippen LogP contribution in [0.5, 0.6) is 0 Å². The summed E-state index contributed by atoms with van der Waals surface area (Å²) in [7, 11) is 0. The Hall–Kier alpha value is -2.17. The van der Waals surface area contributed by atoms with Gasteiger partial charge in [-0.1, -0.05) is 17.8 Å². The number of aromatic nitrogens is 2. The average molecular weight is 424 g/mol. The first-order valence-corrected chi connectivity index (χ1v) is 10.7. The summed E-state index contributed by atoms with van der Waals surface area (Å²) in [5.41, 5.74) is 1.23. The van der Waals surface area contributed by atoms with Gasteiger partial charge >= 0.3 is 5.97 Å². The van der Waals surface area contributed by atoms with Gasteiger partial charge in [0.2, 0.25) is 5.91 Å². The average Bonchev–Trinajstić information content (AvgIpc) is 3.35. The smallest absolute Gasteiger partial charge is 0.341 e. The van der Waals surface area contributed by atoms with Gasteiger partial charge in [-0.2, -0.15) is 0 Å². The van der Waals surface area contributed by atoms with E-state index in [0.29, 0.717) is 21.7 Å². The molecule has 0 spiro atoms. The Kier molecular flexibility index (Phi) is 6.30. The highest BCUT2D eigenvalue weighted by molar-refractivity contribution is 7.99. The summed E-state index contributed by atoms with van der Waals surface area (Å²) in [5.74, 6) is -0.172. The fourth-order valence-electron chi connectivity index (χ4n) is 2.22.